The number of benzene rings is 1. The highest BCUT2D eigenvalue weighted by Crippen LogP contribution is 2.22. The van der Waals surface area contributed by atoms with Crippen molar-refractivity contribution >= 4 is 10.9 Å². The molecule has 4 heteroatoms. The molecule has 0 aliphatic carbocycles. The molecule has 0 saturated heterocycles. The maximum Gasteiger partial charge on any atom is 0.0638 e. The standard InChI is InChI=1S/C19H24N4/c1-5-10-23-12-16(15(3)21-23)11-22(4)13-19-14(2)17-8-6-7-9-18(17)20-19/h5-9,12,20H,1,10-11,13H2,2-4H3. The molecule has 0 fully saturated rings. The summed E-state index contributed by atoms with van der Waals surface area (Å²) in [4.78, 5) is 5.86. The normalized spacial score (nSPS) is 11.5. The second-order valence-electron chi connectivity index (χ2n) is 6.20. The summed E-state index contributed by atoms with van der Waals surface area (Å²) in [5.41, 5.74) is 6.19. The van der Waals surface area contributed by atoms with E-state index in [-0.39, 0.29) is 0 Å². The van der Waals surface area contributed by atoms with Crippen molar-refractivity contribution in [3.8, 4) is 0 Å². The van der Waals surface area contributed by atoms with E-state index in [1.165, 1.54) is 27.7 Å². The number of hydrogen-bond donors (Lipinski definition) is 1. The highest BCUT2D eigenvalue weighted by Gasteiger charge is 2.12. The first-order valence-electron chi connectivity index (χ1n) is 7.97. The molecule has 1 aromatic carbocycles. The molecule has 0 saturated carbocycles. The average Bonchev–Trinajstić information content (AvgIpc) is 3.01. The van der Waals surface area contributed by atoms with Crippen molar-refractivity contribution in [1.82, 2.24) is 19.7 Å². The summed E-state index contributed by atoms with van der Waals surface area (Å²) < 4.78 is 1.94. The quantitative estimate of drug-likeness (QED) is 0.703. The molecule has 0 spiro atoms. The van der Waals surface area contributed by atoms with Gasteiger partial charge in [0.05, 0.1) is 12.2 Å². The molecule has 3 rings (SSSR count). The van der Waals surface area contributed by atoms with Crippen molar-refractivity contribution in [2.24, 2.45) is 0 Å². The Morgan fingerprint density at radius 1 is 1.26 bits per heavy atom. The van der Waals surface area contributed by atoms with Crippen LogP contribution >= 0.6 is 0 Å². The van der Waals surface area contributed by atoms with Crippen LogP contribution < -0.4 is 0 Å². The zero-order valence-corrected chi connectivity index (χ0v) is 14.1. The minimum atomic E-state index is 0.756. The van der Waals surface area contributed by atoms with Gasteiger partial charge >= 0.3 is 0 Å². The zero-order chi connectivity index (χ0) is 16.4. The van der Waals surface area contributed by atoms with E-state index < -0.39 is 0 Å². The molecular weight excluding hydrogens is 284 g/mol. The van der Waals surface area contributed by atoms with E-state index in [4.69, 9.17) is 0 Å². The van der Waals surface area contributed by atoms with Crippen LogP contribution in [0.1, 0.15) is 22.5 Å². The van der Waals surface area contributed by atoms with E-state index in [1.54, 1.807) is 0 Å². The number of aromatic nitrogens is 3. The molecule has 0 amide bonds. The second kappa shape index (κ2) is 6.42. The largest absolute Gasteiger partial charge is 0.357 e. The van der Waals surface area contributed by atoms with E-state index in [0.717, 1.165) is 25.3 Å². The molecule has 23 heavy (non-hydrogen) atoms. The Balaban J connectivity index is 1.74. The summed E-state index contributed by atoms with van der Waals surface area (Å²) in [5, 5.41) is 5.83. The summed E-state index contributed by atoms with van der Waals surface area (Å²) in [6.45, 7) is 10.6. The minimum Gasteiger partial charge on any atom is -0.357 e. The van der Waals surface area contributed by atoms with Crippen LogP contribution in [0.3, 0.4) is 0 Å². The molecule has 3 aromatic rings. The predicted octanol–water partition coefficient (Wildman–Crippen LogP) is 3.80. The summed E-state index contributed by atoms with van der Waals surface area (Å²) in [6.07, 6.45) is 3.99. The van der Waals surface area contributed by atoms with E-state index in [1.807, 2.05) is 10.8 Å². The molecule has 2 aromatic heterocycles. The maximum absolute atomic E-state index is 4.52. The van der Waals surface area contributed by atoms with Gasteiger partial charge in [0.25, 0.3) is 0 Å². The number of aromatic amines is 1. The van der Waals surface area contributed by atoms with Crippen LogP contribution in [0.2, 0.25) is 0 Å². The van der Waals surface area contributed by atoms with Gasteiger partial charge in [-0.05, 0) is 32.5 Å². The van der Waals surface area contributed by atoms with Crippen molar-refractivity contribution in [2.45, 2.75) is 33.5 Å². The number of H-pyrrole nitrogens is 1. The number of fused-ring (bicyclic) bond motifs is 1. The van der Waals surface area contributed by atoms with E-state index in [0.29, 0.717) is 0 Å². The van der Waals surface area contributed by atoms with Gasteiger partial charge in [-0.25, -0.2) is 0 Å². The molecular formula is C19H24N4. The molecule has 120 valence electrons. The first-order valence-corrected chi connectivity index (χ1v) is 7.97. The lowest BCUT2D eigenvalue weighted by molar-refractivity contribution is 0.314. The van der Waals surface area contributed by atoms with Gasteiger partial charge in [-0.1, -0.05) is 24.3 Å². The summed E-state index contributed by atoms with van der Waals surface area (Å²) in [7, 11) is 2.15. The highest BCUT2D eigenvalue weighted by molar-refractivity contribution is 5.84. The SMILES string of the molecule is C=CCn1cc(CN(C)Cc2[nH]c3ccccc3c2C)c(C)n1. The second-order valence-corrected chi connectivity index (χ2v) is 6.20. The van der Waals surface area contributed by atoms with Gasteiger partial charge < -0.3 is 4.98 Å². The number of nitrogens with zero attached hydrogens (tertiary/aromatic N) is 3. The third-order valence-electron chi connectivity index (χ3n) is 4.30. The van der Waals surface area contributed by atoms with Crippen molar-refractivity contribution < 1.29 is 0 Å². The molecule has 0 bridgehead atoms. The van der Waals surface area contributed by atoms with Crippen molar-refractivity contribution in [1.29, 1.82) is 0 Å². The Bertz CT molecular complexity index is 825. The van der Waals surface area contributed by atoms with E-state index in [2.05, 4.69) is 72.9 Å². The van der Waals surface area contributed by atoms with E-state index >= 15 is 0 Å². The van der Waals surface area contributed by atoms with Crippen molar-refractivity contribution in [3.63, 3.8) is 0 Å². The molecule has 0 atom stereocenters. The highest BCUT2D eigenvalue weighted by atomic mass is 15.3. The topological polar surface area (TPSA) is 36.9 Å². The maximum atomic E-state index is 4.52. The van der Waals surface area contributed by atoms with Crippen LogP contribution in [0.15, 0.2) is 43.1 Å². The molecule has 0 unspecified atom stereocenters. The molecule has 4 nitrogen and oxygen atoms in total. The van der Waals surface area contributed by atoms with Crippen LogP contribution in [0.25, 0.3) is 10.9 Å². The number of aryl methyl sites for hydroxylation is 2. The van der Waals surface area contributed by atoms with Gasteiger partial charge in [-0.2, -0.15) is 5.10 Å². The minimum absolute atomic E-state index is 0.756. The van der Waals surface area contributed by atoms with Crippen LogP contribution in [-0.2, 0) is 19.6 Å². The van der Waals surface area contributed by atoms with Crippen LogP contribution in [0.4, 0.5) is 0 Å². The van der Waals surface area contributed by atoms with Gasteiger partial charge in [-0.3, -0.25) is 9.58 Å². The Morgan fingerprint density at radius 2 is 2.04 bits per heavy atom. The number of para-hydroxylation sites is 1. The zero-order valence-electron chi connectivity index (χ0n) is 14.1. The third kappa shape index (κ3) is 3.22. The van der Waals surface area contributed by atoms with Crippen molar-refractivity contribution in [2.75, 3.05) is 7.05 Å². The Hall–Kier alpha value is -2.33. The number of rotatable bonds is 6. The third-order valence-corrected chi connectivity index (χ3v) is 4.30. The first-order chi connectivity index (χ1) is 11.1. The van der Waals surface area contributed by atoms with Gasteiger partial charge in [0.15, 0.2) is 0 Å². The Kier molecular flexibility index (Phi) is 4.35. The summed E-state index contributed by atoms with van der Waals surface area (Å²) >= 11 is 0. The molecule has 1 N–H and O–H groups in total. The molecule has 0 aliphatic heterocycles. The van der Waals surface area contributed by atoms with Crippen LogP contribution in [0, 0.1) is 13.8 Å². The fraction of sp³-hybridized carbons (Fsp3) is 0.316. The lowest BCUT2D eigenvalue weighted by Crippen LogP contribution is -2.18. The van der Waals surface area contributed by atoms with E-state index in [9.17, 15) is 0 Å². The van der Waals surface area contributed by atoms with Crippen molar-refractivity contribution in [3.05, 3.63) is 65.6 Å². The number of nitrogens with one attached hydrogen (secondary N) is 1. The summed E-state index contributed by atoms with van der Waals surface area (Å²) in [5.74, 6) is 0. The van der Waals surface area contributed by atoms with Gasteiger partial charge in [0, 0.05) is 41.4 Å². The fourth-order valence-corrected chi connectivity index (χ4v) is 3.05. The number of allylic oxidation sites excluding steroid dienone is 1. The summed E-state index contributed by atoms with van der Waals surface area (Å²) in [6, 6.07) is 8.47. The van der Waals surface area contributed by atoms with Crippen LogP contribution in [0.5, 0.6) is 0 Å². The smallest absolute Gasteiger partial charge is 0.0638 e. The average molecular weight is 308 g/mol. The van der Waals surface area contributed by atoms with Gasteiger partial charge in [0.2, 0.25) is 0 Å². The fourth-order valence-electron chi connectivity index (χ4n) is 3.05. The van der Waals surface area contributed by atoms with Gasteiger partial charge in [0.1, 0.15) is 0 Å². The lowest BCUT2D eigenvalue weighted by Gasteiger charge is -2.16. The number of hydrogen-bond acceptors (Lipinski definition) is 2. The Morgan fingerprint density at radius 3 is 2.78 bits per heavy atom. The van der Waals surface area contributed by atoms with Crippen LogP contribution in [-0.4, -0.2) is 26.7 Å². The van der Waals surface area contributed by atoms with Gasteiger partial charge in [-0.15, -0.1) is 6.58 Å². The lowest BCUT2D eigenvalue weighted by atomic mass is 10.1. The molecule has 0 aliphatic rings. The molecule has 2 heterocycles. The molecule has 0 radical (unpaired) electrons. The Labute approximate surface area is 137 Å². The first kappa shape index (κ1) is 15.6. The monoisotopic (exact) mass is 308 g/mol. The predicted molar refractivity (Wildman–Crippen MR) is 95.4 cm³/mol.